The molecule has 2 aromatic rings. The van der Waals surface area contributed by atoms with Gasteiger partial charge in [0.25, 0.3) is 0 Å². The number of hydrogen-bond donors (Lipinski definition) is 0. The van der Waals surface area contributed by atoms with Gasteiger partial charge in [0.1, 0.15) is 0 Å². The normalized spacial score (nSPS) is 10.3. The lowest BCUT2D eigenvalue weighted by atomic mass is 10.2. The smallest absolute Gasteiger partial charge is 0.160 e. The number of alkyl halides is 1. The molecule has 0 saturated carbocycles. The molecule has 0 atom stereocenters. The zero-order valence-corrected chi connectivity index (χ0v) is 10.2. The molecule has 0 saturated heterocycles. The van der Waals surface area contributed by atoms with Crippen molar-refractivity contribution in [1.82, 2.24) is 9.97 Å². The van der Waals surface area contributed by atoms with Crippen molar-refractivity contribution in [2.75, 3.05) is 0 Å². The zero-order chi connectivity index (χ0) is 10.7. The number of halogens is 2. The monoisotopic (exact) mass is 282 g/mol. The maximum absolute atomic E-state index is 5.72. The van der Waals surface area contributed by atoms with Gasteiger partial charge in [-0.2, -0.15) is 0 Å². The van der Waals surface area contributed by atoms with Crippen LogP contribution >= 0.6 is 27.5 Å². The molecule has 0 N–H and O–H groups in total. The molecule has 0 aliphatic carbocycles. The molecule has 76 valence electrons. The van der Waals surface area contributed by atoms with E-state index < -0.39 is 0 Å². The predicted octanol–water partition coefficient (Wildman–Crippen LogP) is 3.64. The molecule has 2 rings (SSSR count). The summed E-state index contributed by atoms with van der Waals surface area (Å²) in [7, 11) is 0. The van der Waals surface area contributed by atoms with E-state index in [9.17, 15) is 0 Å². The van der Waals surface area contributed by atoms with Crippen LogP contribution in [0.5, 0.6) is 0 Å². The van der Waals surface area contributed by atoms with Crippen LogP contribution in [0.4, 0.5) is 0 Å². The molecular formula is C11H8BrClN2. The maximum Gasteiger partial charge on any atom is 0.160 e. The van der Waals surface area contributed by atoms with Gasteiger partial charge in [0.15, 0.2) is 5.82 Å². The van der Waals surface area contributed by atoms with Crippen LogP contribution in [0.25, 0.3) is 11.4 Å². The third-order valence-corrected chi connectivity index (χ3v) is 2.93. The molecule has 0 radical (unpaired) electrons. The SMILES string of the molecule is ClCc1ccnc(-c2ccccc2Br)n1. The largest absolute Gasteiger partial charge is 0.237 e. The lowest BCUT2D eigenvalue weighted by Gasteiger charge is -2.03. The van der Waals surface area contributed by atoms with Crippen LogP contribution in [0.1, 0.15) is 5.69 Å². The lowest BCUT2D eigenvalue weighted by Crippen LogP contribution is -1.93. The first-order valence-corrected chi connectivity index (χ1v) is 5.77. The summed E-state index contributed by atoms with van der Waals surface area (Å²) in [5, 5.41) is 0. The Kier molecular flexibility index (Phi) is 3.34. The third-order valence-electron chi connectivity index (χ3n) is 1.96. The van der Waals surface area contributed by atoms with E-state index in [0.29, 0.717) is 11.7 Å². The minimum absolute atomic E-state index is 0.403. The van der Waals surface area contributed by atoms with Gasteiger partial charge in [0.05, 0.1) is 11.6 Å². The molecule has 0 aliphatic rings. The molecule has 4 heteroatoms. The second-order valence-electron chi connectivity index (χ2n) is 2.99. The molecule has 0 bridgehead atoms. The number of nitrogens with zero attached hydrogens (tertiary/aromatic N) is 2. The number of aromatic nitrogens is 2. The Morgan fingerprint density at radius 3 is 2.73 bits per heavy atom. The molecule has 1 heterocycles. The summed E-state index contributed by atoms with van der Waals surface area (Å²) in [4.78, 5) is 8.57. The first-order chi connectivity index (χ1) is 7.31. The molecular weight excluding hydrogens is 275 g/mol. The van der Waals surface area contributed by atoms with Crippen molar-refractivity contribution < 1.29 is 0 Å². The third kappa shape index (κ3) is 2.36. The highest BCUT2D eigenvalue weighted by Gasteiger charge is 2.05. The van der Waals surface area contributed by atoms with Gasteiger partial charge in [-0.25, -0.2) is 9.97 Å². The molecule has 0 amide bonds. The fourth-order valence-electron chi connectivity index (χ4n) is 1.24. The fraction of sp³-hybridized carbons (Fsp3) is 0.0909. The minimum Gasteiger partial charge on any atom is -0.237 e. The van der Waals surface area contributed by atoms with E-state index in [0.717, 1.165) is 15.7 Å². The van der Waals surface area contributed by atoms with Crippen molar-refractivity contribution >= 4 is 27.5 Å². The lowest BCUT2D eigenvalue weighted by molar-refractivity contribution is 1.09. The summed E-state index contributed by atoms with van der Waals surface area (Å²) >= 11 is 9.19. The van der Waals surface area contributed by atoms with E-state index in [-0.39, 0.29) is 0 Å². The molecule has 1 aromatic heterocycles. The van der Waals surface area contributed by atoms with E-state index >= 15 is 0 Å². The number of benzene rings is 1. The maximum atomic E-state index is 5.72. The average molecular weight is 284 g/mol. The van der Waals surface area contributed by atoms with E-state index in [1.54, 1.807) is 6.20 Å². The van der Waals surface area contributed by atoms with Crippen molar-refractivity contribution in [3.63, 3.8) is 0 Å². The first kappa shape index (κ1) is 10.6. The van der Waals surface area contributed by atoms with Crippen LogP contribution in [0, 0.1) is 0 Å². The molecule has 0 fully saturated rings. The van der Waals surface area contributed by atoms with Gasteiger partial charge < -0.3 is 0 Å². The van der Waals surface area contributed by atoms with Crippen LogP contribution in [-0.4, -0.2) is 9.97 Å². The summed E-state index contributed by atoms with van der Waals surface area (Å²) < 4.78 is 0.983. The zero-order valence-electron chi connectivity index (χ0n) is 7.82. The summed E-state index contributed by atoms with van der Waals surface area (Å²) in [6.45, 7) is 0. The van der Waals surface area contributed by atoms with Crippen molar-refractivity contribution in [3.05, 3.63) is 46.7 Å². The number of hydrogen-bond acceptors (Lipinski definition) is 2. The number of rotatable bonds is 2. The minimum atomic E-state index is 0.403. The highest BCUT2D eigenvalue weighted by atomic mass is 79.9. The van der Waals surface area contributed by atoms with Crippen LogP contribution in [0.2, 0.25) is 0 Å². The van der Waals surface area contributed by atoms with Gasteiger partial charge in [-0.3, -0.25) is 0 Å². The van der Waals surface area contributed by atoms with E-state index in [4.69, 9.17) is 11.6 Å². The molecule has 15 heavy (non-hydrogen) atoms. The van der Waals surface area contributed by atoms with Crippen LogP contribution in [0.15, 0.2) is 41.0 Å². The van der Waals surface area contributed by atoms with Crippen molar-refractivity contribution in [2.45, 2.75) is 5.88 Å². The molecule has 1 aromatic carbocycles. The van der Waals surface area contributed by atoms with Gasteiger partial charge in [-0.15, -0.1) is 11.6 Å². The fourth-order valence-corrected chi connectivity index (χ4v) is 1.85. The summed E-state index contributed by atoms with van der Waals surface area (Å²) in [6, 6.07) is 9.66. The van der Waals surface area contributed by atoms with E-state index in [1.807, 2.05) is 30.3 Å². The average Bonchev–Trinajstić information content (AvgIpc) is 2.30. The van der Waals surface area contributed by atoms with Crippen LogP contribution in [0.3, 0.4) is 0 Å². The Bertz CT molecular complexity index is 474. The Hall–Kier alpha value is -0.930. The van der Waals surface area contributed by atoms with Crippen LogP contribution in [-0.2, 0) is 5.88 Å². The topological polar surface area (TPSA) is 25.8 Å². The Labute approximate surface area is 101 Å². The van der Waals surface area contributed by atoms with Crippen molar-refractivity contribution in [1.29, 1.82) is 0 Å². The second kappa shape index (κ2) is 4.73. The second-order valence-corrected chi connectivity index (χ2v) is 4.11. The Morgan fingerprint density at radius 1 is 1.20 bits per heavy atom. The molecule has 0 spiro atoms. The predicted molar refractivity (Wildman–Crippen MR) is 64.7 cm³/mol. The molecule has 0 unspecified atom stereocenters. The van der Waals surface area contributed by atoms with Gasteiger partial charge >= 0.3 is 0 Å². The first-order valence-electron chi connectivity index (χ1n) is 4.44. The summed E-state index contributed by atoms with van der Waals surface area (Å²) in [6.07, 6.45) is 1.72. The Balaban J connectivity index is 2.49. The highest BCUT2D eigenvalue weighted by molar-refractivity contribution is 9.10. The Morgan fingerprint density at radius 2 is 2.00 bits per heavy atom. The van der Waals surface area contributed by atoms with E-state index in [2.05, 4.69) is 25.9 Å². The van der Waals surface area contributed by atoms with Gasteiger partial charge in [0.2, 0.25) is 0 Å². The summed E-state index contributed by atoms with van der Waals surface area (Å²) in [5.41, 5.74) is 1.81. The van der Waals surface area contributed by atoms with Gasteiger partial charge in [-0.05, 0) is 12.1 Å². The van der Waals surface area contributed by atoms with Gasteiger partial charge in [-0.1, -0.05) is 34.1 Å². The standard InChI is InChI=1S/C11H8BrClN2/c12-10-4-2-1-3-9(10)11-14-6-5-8(7-13)15-11/h1-6H,7H2. The molecule has 0 aliphatic heterocycles. The van der Waals surface area contributed by atoms with Gasteiger partial charge in [0, 0.05) is 16.2 Å². The van der Waals surface area contributed by atoms with Crippen LogP contribution < -0.4 is 0 Å². The van der Waals surface area contributed by atoms with Crippen molar-refractivity contribution in [2.24, 2.45) is 0 Å². The van der Waals surface area contributed by atoms with E-state index in [1.165, 1.54) is 0 Å². The molecule has 2 nitrogen and oxygen atoms in total. The highest BCUT2D eigenvalue weighted by Crippen LogP contribution is 2.24. The quantitative estimate of drug-likeness (QED) is 0.786. The van der Waals surface area contributed by atoms with Crippen molar-refractivity contribution in [3.8, 4) is 11.4 Å². The summed E-state index contributed by atoms with van der Waals surface area (Å²) in [5.74, 6) is 1.10.